The molecule has 0 fully saturated rings. The predicted molar refractivity (Wildman–Crippen MR) is 171 cm³/mol. The van der Waals surface area contributed by atoms with E-state index in [1.165, 1.54) is 28.4 Å². The van der Waals surface area contributed by atoms with Gasteiger partial charge in [-0.15, -0.1) is 0 Å². The number of Topliss-reactive ketones (excluding diaryl/α,β-unsaturated/α-hetero) is 4. The number of hydrogen-bond donors (Lipinski definition) is 0. The first-order valence-corrected chi connectivity index (χ1v) is 14.6. The number of ketones is 4. The van der Waals surface area contributed by atoms with Crippen LogP contribution in [0.5, 0.6) is 0 Å². The minimum Gasteiger partial charge on any atom is -0.489 e. The van der Waals surface area contributed by atoms with Crippen LogP contribution in [-0.4, -0.2) is 51.6 Å². The van der Waals surface area contributed by atoms with Crippen LogP contribution in [0.1, 0.15) is 47.9 Å². The highest BCUT2D eigenvalue weighted by atomic mass is 16.5. The van der Waals surface area contributed by atoms with E-state index < -0.39 is 35.0 Å². The number of hydrogen-bond acceptors (Lipinski definition) is 8. The third-order valence-corrected chi connectivity index (χ3v) is 8.48. The Morgan fingerprint density at radius 3 is 0.935 bits per heavy atom. The normalized spacial score (nSPS) is 17.0. The van der Waals surface area contributed by atoms with E-state index >= 15 is 0 Å². The van der Waals surface area contributed by atoms with Crippen molar-refractivity contribution in [1.82, 2.24) is 0 Å². The Balaban J connectivity index is 1.67. The number of carbonyl (C=O) groups is 4. The minimum absolute atomic E-state index is 0.127. The molecule has 0 bridgehead atoms. The fourth-order valence-corrected chi connectivity index (χ4v) is 6.24. The molecule has 5 rings (SSSR count). The lowest BCUT2D eigenvalue weighted by Gasteiger charge is -2.29. The van der Waals surface area contributed by atoms with E-state index in [1.807, 2.05) is 84.9 Å². The number of ether oxygens (including phenoxy) is 4. The summed E-state index contributed by atoms with van der Waals surface area (Å²) in [6.45, 7) is 3.24. The molecule has 0 saturated heterocycles. The van der Waals surface area contributed by atoms with Gasteiger partial charge in [0.15, 0.2) is 0 Å². The molecule has 0 aliphatic heterocycles. The number of benzene rings is 3. The zero-order chi connectivity index (χ0) is 33.1. The molecule has 2 aliphatic carbocycles. The standard InChI is InChI=1S/C38H34O8/c1-21-27(33(41)37(45-5)35(43-3)31(21)39)29(23-13-9-7-10-14-23)25-17-19-26(20-18-25)30(24-15-11-8-12-16-24)28-22(2)32(40)36(44-4)38(46-6)34(28)42/h7-20,29-30H,1-6H3. The molecule has 0 saturated carbocycles. The molecule has 2 aliphatic rings. The van der Waals surface area contributed by atoms with Crippen LogP contribution in [0.4, 0.5) is 0 Å². The summed E-state index contributed by atoms with van der Waals surface area (Å²) in [6.07, 6.45) is 0. The van der Waals surface area contributed by atoms with Crippen molar-refractivity contribution >= 4 is 23.1 Å². The Morgan fingerprint density at radius 2 is 0.652 bits per heavy atom. The van der Waals surface area contributed by atoms with Crippen molar-refractivity contribution in [3.05, 3.63) is 153 Å². The van der Waals surface area contributed by atoms with Gasteiger partial charge in [-0.05, 0) is 36.1 Å². The SMILES string of the molecule is COC1=C(OC)C(=O)C(C(c2ccccc2)c2ccc(C(C3=C(C)C(=O)C(OC)=C(OC)C3=O)c3ccccc3)cc2)=C(C)C1=O. The van der Waals surface area contributed by atoms with E-state index in [2.05, 4.69) is 0 Å². The average Bonchev–Trinajstić information content (AvgIpc) is 3.09. The van der Waals surface area contributed by atoms with Crippen molar-refractivity contribution in [2.24, 2.45) is 0 Å². The van der Waals surface area contributed by atoms with Crippen molar-refractivity contribution in [1.29, 1.82) is 0 Å². The van der Waals surface area contributed by atoms with Crippen LogP contribution in [0.3, 0.4) is 0 Å². The molecular formula is C38H34O8. The van der Waals surface area contributed by atoms with Crippen LogP contribution in [-0.2, 0) is 38.1 Å². The summed E-state index contributed by atoms with van der Waals surface area (Å²) in [5.41, 5.74) is 4.19. The topological polar surface area (TPSA) is 105 Å². The maximum atomic E-state index is 13.9. The van der Waals surface area contributed by atoms with E-state index in [0.29, 0.717) is 0 Å². The molecule has 3 aromatic rings. The molecule has 8 nitrogen and oxygen atoms in total. The number of carbonyl (C=O) groups excluding carboxylic acids is 4. The van der Waals surface area contributed by atoms with Crippen LogP contribution in [0.2, 0.25) is 0 Å². The summed E-state index contributed by atoms with van der Waals surface area (Å²) in [7, 11) is 5.33. The lowest BCUT2D eigenvalue weighted by atomic mass is 9.75. The molecule has 0 radical (unpaired) electrons. The van der Waals surface area contributed by atoms with Crippen LogP contribution >= 0.6 is 0 Å². The van der Waals surface area contributed by atoms with Gasteiger partial charge in [0.2, 0.25) is 46.2 Å². The molecule has 0 N–H and O–H groups in total. The molecular weight excluding hydrogens is 584 g/mol. The molecule has 3 aromatic carbocycles. The number of methoxy groups -OCH3 is 4. The molecule has 0 heterocycles. The number of allylic oxidation sites excluding steroid dienone is 4. The van der Waals surface area contributed by atoms with Crippen LogP contribution in [0.25, 0.3) is 0 Å². The fourth-order valence-electron chi connectivity index (χ4n) is 6.24. The Hall–Kier alpha value is -5.50. The summed E-state index contributed by atoms with van der Waals surface area (Å²) < 4.78 is 21.3. The monoisotopic (exact) mass is 618 g/mol. The van der Waals surface area contributed by atoms with Gasteiger partial charge in [-0.2, -0.15) is 0 Å². The van der Waals surface area contributed by atoms with Crippen molar-refractivity contribution in [2.75, 3.05) is 28.4 Å². The highest BCUT2D eigenvalue weighted by Crippen LogP contribution is 2.42. The Kier molecular flexibility index (Phi) is 9.18. The summed E-state index contributed by atoms with van der Waals surface area (Å²) in [4.78, 5) is 54.4. The summed E-state index contributed by atoms with van der Waals surface area (Å²) in [5, 5.41) is 0. The molecule has 8 heteroatoms. The van der Waals surface area contributed by atoms with Gasteiger partial charge in [0, 0.05) is 34.1 Å². The van der Waals surface area contributed by atoms with Gasteiger partial charge in [-0.3, -0.25) is 19.2 Å². The summed E-state index contributed by atoms with van der Waals surface area (Å²) in [5.74, 6) is -3.48. The Morgan fingerprint density at radius 1 is 0.391 bits per heavy atom. The van der Waals surface area contributed by atoms with Crippen molar-refractivity contribution in [3.8, 4) is 0 Å². The van der Waals surface area contributed by atoms with Crippen molar-refractivity contribution in [3.63, 3.8) is 0 Å². The summed E-state index contributed by atoms with van der Waals surface area (Å²) in [6, 6.07) is 26.4. The molecule has 0 spiro atoms. The van der Waals surface area contributed by atoms with E-state index in [9.17, 15) is 19.2 Å². The maximum Gasteiger partial charge on any atom is 0.228 e. The molecule has 46 heavy (non-hydrogen) atoms. The largest absolute Gasteiger partial charge is 0.489 e. The minimum atomic E-state index is -0.614. The van der Waals surface area contributed by atoms with Gasteiger partial charge < -0.3 is 18.9 Å². The highest BCUT2D eigenvalue weighted by Gasteiger charge is 2.41. The fraction of sp³-hybridized carbons (Fsp3) is 0.211. The Bertz CT molecular complexity index is 1700. The first kappa shape index (κ1) is 31.9. The van der Waals surface area contributed by atoms with Crippen LogP contribution < -0.4 is 0 Å². The van der Waals surface area contributed by atoms with E-state index in [4.69, 9.17) is 18.9 Å². The molecule has 0 amide bonds. The van der Waals surface area contributed by atoms with Gasteiger partial charge in [0.25, 0.3) is 0 Å². The number of rotatable bonds is 10. The predicted octanol–water partition coefficient (Wildman–Crippen LogP) is 5.90. The zero-order valence-electron chi connectivity index (χ0n) is 26.5. The lowest BCUT2D eigenvalue weighted by molar-refractivity contribution is -0.121. The first-order valence-electron chi connectivity index (χ1n) is 14.6. The first-order chi connectivity index (χ1) is 22.2. The van der Waals surface area contributed by atoms with E-state index in [0.717, 1.165) is 22.3 Å². The molecule has 2 atom stereocenters. The third-order valence-electron chi connectivity index (χ3n) is 8.48. The second-order valence-corrected chi connectivity index (χ2v) is 10.9. The van der Waals surface area contributed by atoms with Gasteiger partial charge in [-0.25, -0.2) is 0 Å². The van der Waals surface area contributed by atoms with Gasteiger partial charge in [0.1, 0.15) is 0 Å². The molecule has 234 valence electrons. The third kappa shape index (κ3) is 5.36. The van der Waals surface area contributed by atoms with Crippen LogP contribution in [0.15, 0.2) is 130 Å². The average molecular weight is 619 g/mol. The second-order valence-electron chi connectivity index (χ2n) is 10.9. The zero-order valence-corrected chi connectivity index (χ0v) is 26.5. The smallest absolute Gasteiger partial charge is 0.228 e. The quantitative estimate of drug-likeness (QED) is 0.259. The summed E-state index contributed by atoms with van der Waals surface area (Å²) >= 11 is 0. The van der Waals surface area contributed by atoms with Crippen molar-refractivity contribution < 1.29 is 38.1 Å². The molecule has 0 aromatic heterocycles. The second kappa shape index (κ2) is 13.2. The van der Waals surface area contributed by atoms with Gasteiger partial charge >= 0.3 is 0 Å². The van der Waals surface area contributed by atoms with E-state index in [-0.39, 0.29) is 45.3 Å². The van der Waals surface area contributed by atoms with Crippen LogP contribution in [0, 0.1) is 0 Å². The van der Waals surface area contributed by atoms with Gasteiger partial charge in [-0.1, -0.05) is 84.9 Å². The van der Waals surface area contributed by atoms with Crippen molar-refractivity contribution in [2.45, 2.75) is 25.7 Å². The van der Waals surface area contributed by atoms with E-state index in [1.54, 1.807) is 13.8 Å². The Labute approximate surface area is 267 Å². The highest BCUT2D eigenvalue weighted by molar-refractivity contribution is 6.25. The maximum absolute atomic E-state index is 13.9. The molecule has 2 unspecified atom stereocenters. The van der Waals surface area contributed by atoms with Gasteiger partial charge in [0.05, 0.1) is 28.4 Å². The lowest BCUT2D eigenvalue weighted by Crippen LogP contribution is -2.29.